The van der Waals surface area contributed by atoms with Gasteiger partial charge >= 0.3 is 0 Å². The Kier molecular flexibility index (Phi) is 4.24. The summed E-state index contributed by atoms with van der Waals surface area (Å²) in [6.07, 6.45) is 0.944. The fourth-order valence-electron chi connectivity index (χ4n) is 3.15. The minimum atomic E-state index is -0.895. The van der Waals surface area contributed by atoms with Gasteiger partial charge in [0.1, 0.15) is 5.82 Å². The predicted octanol–water partition coefficient (Wildman–Crippen LogP) is 4.37. The lowest BCUT2D eigenvalue weighted by molar-refractivity contribution is 0.509. The lowest BCUT2D eigenvalue weighted by Crippen LogP contribution is -2.32. The number of fused-ring (bicyclic) bond motifs is 1. The van der Waals surface area contributed by atoms with Crippen LogP contribution in [-0.4, -0.2) is 16.5 Å². The second-order valence-corrected chi connectivity index (χ2v) is 6.39. The summed E-state index contributed by atoms with van der Waals surface area (Å²) in [6, 6.07) is 13.8. The molecule has 6 heteroatoms. The monoisotopic (exact) mass is 352 g/mol. The van der Waals surface area contributed by atoms with Gasteiger partial charge in [-0.2, -0.15) is 4.98 Å². The van der Waals surface area contributed by atoms with Crippen molar-refractivity contribution in [2.75, 3.05) is 16.8 Å². The highest BCUT2D eigenvalue weighted by Crippen LogP contribution is 2.24. The van der Waals surface area contributed by atoms with Crippen molar-refractivity contribution < 1.29 is 8.78 Å². The number of hydrogen-bond acceptors (Lipinski definition) is 4. The minimum absolute atomic E-state index is 0.442. The molecule has 4 nitrogen and oxygen atoms in total. The number of anilines is 3. The van der Waals surface area contributed by atoms with Crippen molar-refractivity contribution in [2.45, 2.75) is 19.9 Å². The molecule has 26 heavy (non-hydrogen) atoms. The topological polar surface area (TPSA) is 41.1 Å². The number of nitrogens with one attached hydrogen (secondary N) is 1. The molecule has 0 fully saturated rings. The summed E-state index contributed by atoms with van der Waals surface area (Å²) in [5, 5.41) is 3.03. The molecule has 1 aliphatic heterocycles. The number of aryl methyl sites for hydroxylation is 1. The van der Waals surface area contributed by atoms with Crippen molar-refractivity contribution in [3.63, 3.8) is 0 Å². The zero-order valence-electron chi connectivity index (χ0n) is 14.3. The van der Waals surface area contributed by atoms with Crippen molar-refractivity contribution >= 4 is 17.5 Å². The third-order valence-electron chi connectivity index (χ3n) is 4.45. The Balaban J connectivity index is 1.59. The molecule has 0 radical (unpaired) electrons. The van der Waals surface area contributed by atoms with E-state index in [9.17, 15) is 8.78 Å². The Morgan fingerprint density at radius 2 is 1.77 bits per heavy atom. The highest BCUT2D eigenvalue weighted by Gasteiger charge is 2.19. The maximum absolute atomic E-state index is 13.4. The molecule has 2 aromatic carbocycles. The van der Waals surface area contributed by atoms with Crippen LogP contribution >= 0.6 is 0 Å². The van der Waals surface area contributed by atoms with Crippen LogP contribution < -0.4 is 10.2 Å². The number of hydrogen-bond donors (Lipinski definition) is 1. The lowest BCUT2D eigenvalue weighted by atomic mass is 10.0. The van der Waals surface area contributed by atoms with Crippen LogP contribution in [0, 0.1) is 18.6 Å². The molecule has 0 saturated carbocycles. The van der Waals surface area contributed by atoms with E-state index in [4.69, 9.17) is 0 Å². The highest BCUT2D eigenvalue weighted by atomic mass is 19.2. The fourth-order valence-corrected chi connectivity index (χ4v) is 3.15. The van der Waals surface area contributed by atoms with Crippen LogP contribution in [0.2, 0.25) is 0 Å². The number of aromatic nitrogens is 2. The molecular weight excluding hydrogens is 334 g/mol. The molecule has 1 aliphatic rings. The Morgan fingerprint density at radius 3 is 2.58 bits per heavy atom. The van der Waals surface area contributed by atoms with Gasteiger partial charge in [0.05, 0.1) is 0 Å². The Bertz CT molecular complexity index is 958. The summed E-state index contributed by atoms with van der Waals surface area (Å²) in [4.78, 5) is 11.2. The normalized spacial score (nSPS) is 13.4. The summed E-state index contributed by atoms with van der Waals surface area (Å²) in [5.41, 5.74) is 3.88. The zero-order chi connectivity index (χ0) is 18.1. The van der Waals surface area contributed by atoms with Crippen LogP contribution in [0.4, 0.5) is 26.2 Å². The molecule has 1 aromatic heterocycles. The van der Waals surface area contributed by atoms with Gasteiger partial charge in [0.15, 0.2) is 11.6 Å². The van der Waals surface area contributed by atoms with E-state index < -0.39 is 11.6 Å². The average Bonchev–Trinajstić information content (AvgIpc) is 2.64. The van der Waals surface area contributed by atoms with E-state index in [1.54, 1.807) is 6.07 Å². The summed E-state index contributed by atoms with van der Waals surface area (Å²) < 4.78 is 26.5. The number of benzene rings is 2. The maximum Gasteiger partial charge on any atom is 0.227 e. The second kappa shape index (κ2) is 6.71. The van der Waals surface area contributed by atoms with Crippen molar-refractivity contribution in [3.8, 4) is 0 Å². The van der Waals surface area contributed by atoms with E-state index >= 15 is 0 Å². The van der Waals surface area contributed by atoms with Gasteiger partial charge in [0.2, 0.25) is 5.95 Å². The van der Waals surface area contributed by atoms with E-state index in [2.05, 4.69) is 38.4 Å². The Morgan fingerprint density at radius 1 is 0.962 bits per heavy atom. The van der Waals surface area contributed by atoms with Gasteiger partial charge < -0.3 is 10.2 Å². The number of halogens is 2. The predicted molar refractivity (Wildman–Crippen MR) is 97.6 cm³/mol. The quantitative estimate of drug-likeness (QED) is 0.760. The van der Waals surface area contributed by atoms with Crippen molar-refractivity contribution in [1.29, 1.82) is 0 Å². The summed E-state index contributed by atoms with van der Waals surface area (Å²) >= 11 is 0. The van der Waals surface area contributed by atoms with E-state index in [1.165, 1.54) is 17.2 Å². The van der Waals surface area contributed by atoms with E-state index in [-0.39, 0.29) is 0 Å². The van der Waals surface area contributed by atoms with Gasteiger partial charge in [-0.25, -0.2) is 13.8 Å². The van der Waals surface area contributed by atoms with Crippen LogP contribution in [0.3, 0.4) is 0 Å². The van der Waals surface area contributed by atoms with E-state index in [1.807, 2.05) is 13.0 Å². The van der Waals surface area contributed by atoms with Gasteiger partial charge in [0.25, 0.3) is 0 Å². The molecule has 0 saturated heterocycles. The number of rotatable bonds is 3. The van der Waals surface area contributed by atoms with Crippen LogP contribution in [0.25, 0.3) is 0 Å². The first-order valence-electron chi connectivity index (χ1n) is 8.48. The van der Waals surface area contributed by atoms with Crippen molar-refractivity contribution in [1.82, 2.24) is 9.97 Å². The summed E-state index contributed by atoms with van der Waals surface area (Å²) in [5.74, 6) is -0.585. The number of nitrogens with zero attached hydrogens (tertiary/aromatic N) is 3. The zero-order valence-corrected chi connectivity index (χ0v) is 14.3. The van der Waals surface area contributed by atoms with Crippen LogP contribution in [0.5, 0.6) is 0 Å². The van der Waals surface area contributed by atoms with Crippen molar-refractivity contribution in [3.05, 3.63) is 77.0 Å². The largest absolute Gasteiger partial charge is 0.340 e. The van der Waals surface area contributed by atoms with Crippen LogP contribution in [0.1, 0.15) is 16.8 Å². The van der Waals surface area contributed by atoms with Crippen LogP contribution in [0.15, 0.2) is 48.5 Å². The van der Waals surface area contributed by atoms with Gasteiger partial charge in [0, 0.05) is 36.6 Å². The second-order valence-electron chi connectivity index (χ2n) is 6.39. The molecule has 4 rings (SSSR count). The lowest BCUT2D eigenvalue weighted by Gasteiger charge is -2.29. The molecule has 3 aromatic rings. The molecule has 0 amide bonds. The first-order chi connectivity index (χ1) is 12.6. The van der Waals surface area contributed by atoms with Gasteiger partial charge in [-0.15, -0.1) is 0 Å². The first kappa shape index (κ1) is 16.4. The fraction of sp³-hybridized carbons (Fsp3) is 0.200. The molecular formula is C20H18F2N4. The molecule has 1 N–H and O–H groups in total. The molecule has 0 unspecified atom stereocenters. The van der Waals surface area contributed by atoms with Gasteiger partial charge in [-0.1, -0.05) is 24.3 Å². The molecule has 132 valence electrons. The average molecular weight is 352 g/mol. The highest BCUT2D eigenvalue weighted by molar-refractivity contribution is 5.58. The SMILES string of the molecule is Cc1cc(Nc2ccc(F)c(F)c2)nc(N2CCc3ccccc3C2)n1. The Hall–Kier alpha value is -3.02. The van der Waals surface area contributed by atoms with Crippen LogP contribution in [-0.2, 0) is 13.0 Å². The molecule has 2 heterocycles. The smallest absolute Gasteiger partial charge is 0.227 e. The summed E-state index contributed by atoms with van der Waals surface area (Å²) in [6.45, 7) is 3.48. The maximum atomic E-state index is 13.4. The molecule has 0 bridgehead atoms. The molecule has 0 spiro atoms. The molecule has 0 atom stereocenters. The minimum Gasteiger partial charge on any atom is -0.340 e. The van der Waals surface area contributed by atoms with Gasteiger partial charge in [-0.05, 0) is 36.6 Å². The van der Waals surface area contributed by atoms with E-state index in [0.717, 1.165) is 37.3 Å². The van der Waals surface area contributed by atoms with E-state index in [0.29, 0.717) is 17.5 Å². The third-order valence-corrected chi connectivity index (χ3v) is 4.45. The summed E-state index contributed by atoms with van der Waals surface area (Å²) in [7, 11) is 0. The van der Waals surface area contributed by atoms with Gasteiger partial charge in [-0.3, -0.25) is 0 Å². The Labute approximate surface area is 150 Å². The third kappa shape index (κ3) is 3.35. The molecule has 0 aliphatic carbocycles. The first-order valence-corrected chi connectivity index (χ1v) is 8.48. The standard InChI is InChI=1S/C20H18F2N4/c1-13-10-19(24-16-6-7-17(21)18(22)11-16)25-20(23-13)26-9-8-14-4-2-3-5-15(14)12-26/h2-7,10-11H,8-9,12H2,1H3,(H,23,24,25). The van der Waals surface area contributed by atoms with Crippen molar-refractivity contribution in [2.24, 2.45) is 0 Å².